The summed E-state index contributed by atoms with van der Waals surface area (Å²) in [5, 5.41) is 2.57. The van der Waals surface area contributed by atoms with Crippen LogP contribution < -0.4 is 5.32 Å². The van der Waals surface area contributed by atoms with Crippen molar-refractivity contribution in [1.29, 1.82) is 0 Å². The van der Waals surface area contributed by atoms with Gasteiger partial charge in [0.2, 0.25) is 5.91 Å². The fourth-order valence-electron chi connectivity index (χ4n) is 1.19. The van der Waals surface area contributed by atoms with Crippen molar-refractivity contribution in [2.45, 2.75) is 0 Å². The van der Waals surface area contributed by atoms with Crippen molar-refractivity contribution in [2.75, 3.05) is 31.5 Å². The molecule has 0 radical (unpaired) electrons. The summed E-state index contributed by atoms with van der Waals surface area (Å²) in [5.41, 5.74) is 0.990. The number of halogens is 1. The van der Waals surface area contributed by atoms with E-state index in [0.717, 1.165) is 0 Å². The molecule has 0 atom stereocenters. The van der Waals surface area contributed by atoms with Gasteiger partial charge in [0.15, 0.2) is 0 Å². The maximum atomic E-state index is 11.5. The lowest BCUT2D eigenvalue weighted by Crippen LogP contribution is -2.13. The van der Waals surface area contributed by atoms with Gasteiger partial charge in [0.25, 0.3) is 0 Å². The van der Waals surface area contributed by atoms with E-state index in [2.05, 4.69) is 5.32 Å². The Labute approximate surface area is 110 Å². The molecule has 0 unspecified atom stereocenters. The van der Waals surface area contributed by atoms with Crippen LogP contribution in [0.2, 0.25) is 0 Å². The Morgan fingerprint density at radius 3 is 2.44 bits per heavy atom. The molecule has 0 fully saturated rings. The summed E-state index contributed by atoms with van der Waals surface area (Å²) in [6.07, 6.45) is 0. The van der Waals surface area contributed by atoms with Gasteiger partial charge in [-0.1, -0.05) is 0 Å². The fraction of sp³-hybridized carbons (Fsp3) is 0.333. The third kappa shape index (κ3) is 4.73. The smallest absolute Gasteiger partial charge is 0.338 e. The molecule has 1 rings (SSSR count). The number of ether oxygens (including phenoxy) is 2. The van der Waals surface area contributed by atoms with E-state index in [1.165, 1.54) is 7.11 Å². The van der Waals surface area contributed by atoms with Crippen molar-refractivity contribution in [3.63, 3.8) is 0 Å². The van der Waals surface area contributed by atoms with E-state index in [4.69, 9.17) is 21.1 Å². The summed E-state index contributed by atoms with van der Waals surface area (Å²) in [6, 6.07) is 6.35. The average Bonchev–Trinajstić information content (AvgIpc) is 2.39. The minimum Gasteiger partial charge on any atom is -0.460 e. The van der Waals surface area contributed by atoms with E-state index >= 15 is 0 Å². The SMILES string of the molecule is COCCOC(=O)c1ccc(NC(=O)CCl)cc1. The quantitative estimate of drug-likeness (QED) is 0.486. The molecule has 1 aromatic carbocycles. The van der Waals surface area contributed by atoms with Crippen LogP contribution in [-0.2, 0) is 14.3 Å². The van der Waals surface area contributed by atoms with Crippen molar-refractivity contribution in [1.82, 2.24) is 0 Å². The highest BCUT2D eigenvalue weighted by Crippen LogP contribution is 2.10. The molecule has 0 heterocycles. The molecule has 98 valence electrons. The third-order valence-corrected chi connectivity index (χ3v) is 2.29. The van der Waals surface area contributed by atoms with Gasteiger partial charge in [-0.2, -0.15) is 0 Å². The predicted molar refractivity (Wildman–Crippen MR) is 68.0 cm³/mol. The number of hydrogen-bond acceptors (Lipinski definition) is 4. The number of esters is 1. The Bertz CT molecular complexity index is 405. The molecule has 0 aliphatic heterocycles. The highest BCUT2D eigenvalue weighted by atomic mass is 35.5. The molecule has 1 aromatic rings. The number of amides is 1. The number of carbonyl (C=O) groups excluding carboxylic acids is 2. The summed E-state index contributed by atoms with van der Waals surface area (Å²) in [5.74, 6) is -0.838. The van der Waals surface area contributed by atoms with Gasteiger partial charge in [-0.25, -0.2) is 4.79 Å². The van der Waals surface area contributed by atoms with Crippen LogP contribution in [0.3, 0.4) is 0 Å². The Balaban J connectivity index is 2.54. The fourth-order valence-corrected chi connectivity index (χ4v) is 1.25. The Morgan fingerprint density at radius 2 is 1.89 bits per heavy atom. The minimum absolute atomic E-state index is 0.110. The third-order valence-electron chi connectivity index (χ3n) is 2.05. The Hall–Kier alpha value is -1.59. The number of anilines is 1. The molecular formula is C12H14ClNO4. The number of carbonyl (C=O) groups is 2. The second-order valence-corrected chi connectivity index (χ2v) is 3.66. The number of methoxy groups -OCH3 is 1. The first-order valence-corrected chi connectivity index (χ1v) is 5.82. The van der Waals surface area contributed by atoms with E-state index in [-0.39, 0.29) is 18.4 Å². The largest absolute Gasteiger partial charge is 0.460 e. The summed E-state index contributed by atoms with van der Waals surface area (Å²) in [7, 11) is 1.53. The zero-order chi connectivity index (χ0) is 13.4. The molecule has 1 amide bonds. The molecule has 1 N–H and O–H groups in total. The van der Waals surface area contributed by atoms with Crippen LogP contribution in [0, 0.1) is 0 Å². The average molecular weight is 272 g/mol. The summed E-state index contributed by atoms with van der Waals surface area (Å²) in [4.78, 5) is 22.5. The second kappa shape index (κ2) is 7.68. The summed E-state index contributed by atoms with van der Waals surface area (Å²) >= 11 is 5.36. The van der Waals surface area contributed by atoms with Gasteiger partial charge in [0, 0.05) is 12.8 Å². The molecular weight excluding hydrogens is 258 g/mol. The maximum absolute atomic E-state index is 11.5. The minimum atomic E-state index is -0.428. The van der Waals surface area contributed by atoms with Crippen LogP contribution in [0.1, 0.15) is 10.4 Å². The first kappa shape index (κ1) is 14.5. The normalized spacial score (nSPS) is 9.89. The molecule has 0 aliphatic carbocycles. The highest BCUT2D eigenvalue weighted by Gasteiger charge is 2.07. The van der Waals surface area contributed by atoms with Gasteiger partial charge in [-0.05, 0) is 24.3 Å². The lowest BCUT2D eigenvalue weighted by atomic mass is 10.2. The molecule has 5 nitrogen and oxygen atoms in total. The van der Waals surface area contributed by atoms with Crippen molar-refractivity contribution in [3.8, 4) is 0 Å². The lowest BCUT2D eigenvalue weighted by molar-refractivity contribution is -0.113. The molecule has 0 bridgehead atoms. The van der Waals surface area contributed by atoms with Gasteiger partial charge in [0.05, 0.1) is 12.2 Å². The zero-order valence-corrected chi connectivity index (χ0v) is 10.7. The van der Waals surface area contributed by atoms with Crippen molar-refractivity contribution in [2.24, 2.45) is 0 Å². The molecule has 6 heteroatoms. The second-order valence-electron chi connectivity index (χ2n) is 3.39. The van der Waals surface area contributed by atoms with Crippen LogP contribution in [0.5, 0.6) is 0 Å². The van der Waals surface area contributed by atoms with E-state index in [9.17, 15) is 9.59 Å². The number of benzene rings is 1. The van der Waals surface area contributed by atoms with Gasteiger partial charge < -0.3 is 14.8 Å². The van der Waals surface area contributed by atoms with Gasteiger partial charge in [-0.3, -0.25) is 4.79 Å². The van der Waals surface area contributed by atoms with Crippen LogP contribution >= 0.6 is 11.6 Å². The predicted octanol–water partition coefficient (Wildman–Crippen LogP) is 1.67. The first-order valence-electron chi connectivity index (χ1n) is 5.29. The van der Waals surface area contributed by atoms with Crippen LogP contribution in [0.15, 0.2) is 24.3 Å². The van der Waals surface area contributed by atoms with Crippen LogP contribution in [0.25, 0.3) is 0 Å². The summed E-state index contributed by atoms with van der Waals surface area (Å²) < 4.78 is 9.70. The van der Waals surface area contributed by atoms with Crippen molar-refractivity contribution in [3.05, 3.63) is 29.8 Å². The first-order chi connectivity index (χ1) is 8.67. The highest BCUT2D eigenvalue weighted by molar-refractivity contribution is 6.29. The molecule has 0 aliphatic rings. The summed E-state index contributed by atoms with van der Waals surface area (Å²) in [6.45, 7) is 0.565. The number of alkyl halides is 1. The zero-order valence-electron chi connectivity index (χ0n) is 9.94. The number of nitrogens with one attached hydrogen (secondary N) is 1. The van der Waals surface area contributed by atoms with E-state index < -0.39 is 5.97 Å². The number of hydrogen-bond donors (Lipinski definition) is 1. The molecule has 18 heavy (non-hydrogen) atoms. The molecule has 0 aromatic heterocycles. The Morgan fingerprint density at radius 1 is 1.22 bits per heavy atom. The molecule has 0 saturated carbocycles. The van der Waals surface area contributed by atoms with Crippen molar-refractivity contribution >= 4 is 29.2 Å². The monoisotopic (exact) mass is 271 g/mol. The van der Waals surface area contributed by atoms with Gasteiger partial charge >= 0.3 is 5.97 Å². The van der Waals surface area contributed by atoms with Crippen LogP contribution in [0.4, 0.5) is 5.69 Å². The molecule has 0 saturated heterocycles. The molecule has 0 spiro atoms. The standard InChI is InChI=1S/C12H14ClNO4/c1-17-6-7-18-12(16)9-2-4-10(5-3-9)14-11(15)8-13/h2-5H,6-8H2,1H3,(H,14,15). The number of rotatable bonds is 6. The van der Waals surface area contributed by atoms with Crippen LogP contribution in [-0.4, -0.2) is 38.1 Å². The van der Waals surface area contributed by atoms with Gasteiger partial charge in [0.1, 0.15) is 12.5 Å². The van der Waals surface area contributed by atoms with E-state index in [1.54, 1.807) is 24.3 Å². The lowest BCUT2D eigenvalue weighted by Gasteiger charge is -2.06. The van der Waals surface area contributed by atoms with Crippen molar-refractivity contribution < 1.29 is 19.1 Å². The topological polar surface area (TPSA) is 64.6 Å². The van der Waals surface area contributed by atoms with E-state index in [0.29, 0.717) is 17.9 Å². The van der Waals surface area contributed by atoms with Gasteiger partial charge in [-0.15, -0.1) is 11.6 Å². The maximum Gasteiger partial charge on any atom is 0.338 e. The Kier molecular flexibility index (Phi) is 6.18. The van der Waals surface area contributed by atoms with E-state index in [1.807, 2.05) is 0 Å².